The molecule has 1 atom stereocenters. The molecule has 1 heterocycles. The lowest BCUT2D eigenvalue weighted by molar-refractivity contribution is 0.389. The van der Waals surface area contributed by atoms with Gasteiger partial charge in [0.05, 0.1) is 5.69 Å². The molecule has 1 fully saturated rings. The molecule has 3 nitrogen and oxygen atoms in total. The van der Waals surface area contributed by atoms with Crippen LogP contribution in [-0.2, 0) is 5.66 Å². The van der Waals surface area contributed by atoms with E-state index in [0.29, 0.717) is 5.11 Å². The van der Waals surface area contributed by atoms with Gasteiger partial charge in [0.15, 0.2) is 5.11 Å². The summed E-state index contributed by atoms with van der Waals surface area (Å²) in [7, 11) is 0. The number of rotatable bonds is 2. The van der Waals surface area contributed by atoms with E-state index in [1.165, 1.54) is 0 Å². The molecule has 0 bridgehead atoms. The van der Waals surface area contributed by atoms with Crippen molar-refractivity contribution in [1.82, 2.24) is 10.7 Å². The first kappa shape index (κ1) is 15.0. The highest BCUT2D eigenvalue weighted by atomic mass is 79.9. The zero-order valence-electron chi connectivity index (χ0n) is 11.2. The summed E-state index contributed by atoms with van der Waals surface area (Å²) >= 11 is 12.4. The standard InChI is InChI=1S/C15H13Br2N3S/c1-15(10-3-2-4-12(17)9-10)18-14(21)20(19-15)13-7-5-11(16)6-8-13/h2-9,19H,1H3,(H,18,21)/t15-/m0/s1. The van der Waals surface area contributed by atoms with E-state index in [-0.39, 0.29) is 0 Å². The number of benzene rings is 2. The molecule has 6 heteroatoms. The zero-order valence-corrected chi connectivity index (χ0v) is 15.2. The van der Waals surface area contributed by atoms with Crippen LogP contribution in [0.3, 0.4) is 0 Å². The Kier molecular flexibility index (Phi) is 4.05. The maximum Gasteiger partial charge on any atom is 0.190 e. The molecule has 0 saturated carbocycles. The fourth-order valence-electron chi connectivity index (χ4n) is 2.28. The van der Waals surface area contributed by atoms with E-state index in [0.717, 1.165) is 20.2 Å². The molecule has 3 rings (SSSR count). The van der Waals surface area contributed by atoms with Crippen molar-refractivity contribution >= 4 is 54.9 Å². The number of thiocarbonyl (C=S) groups is 1. The maximum absolute atomic E-state index is 5.47. The molecular weight excluding hydrogens is 414 g/mol. The van der Waals surface area contributed by atoms with Crippen LogP contribution in [0, 0.1) is 0 Å². The van der Waals surface area contributed by atoms with Crippen molar-refractivity contribution in [2.75, 3.05) is 5.01 Å². The van der Waals surface area contributed by atoms with Crippen LogP contribution in [-0.4, -0.2) is 5.11 Å². The van der Waals surface area contributed by atoms with Gasteiger partial charge in [-0.3, -0.25) is 0 Å². The Balaban J connectivity index is 1.92. The summed E-state index contributed by atoms with van der Waals surface area (Å²) in [6, 6.07) is 16.2. The molecule has 0 amide bonds. The predicted octanol–water partition coefficient (Wildman–Crippen LogP) is 4.28. The molecule has 21 heavy (non-hydrogen) atoms. The monoisotopic (exact) mass is 425 g/mol. The third-order valence-corrected chi connectivity index (χ3v) is 4.69. The number of hydrogen-bond donors (Lipinski definition) is 2. The van der Waals surface area contributed by atoms with Gasteiger partial charge in [-0.05, 0) is 61.1 Å². The summed E-state index contributed by atoms with van der Waals surface area (Å²) in [6.45, 7) is 2.07. The second-order valence-corrected chi connectivity index (χ2v) is 7.21. The van der Waals surface area contributed by atoms with Gasteiger partial charge in [0.25, 0.3) is 0 Å². The van der Waals surface area contributed by atoms with Crippen molar-refractivity contribution in [3.8, 4) is 0 Å². The molecule has 0 radical (unpaired) electrons. The molecule has 0 spiro atoms. The molecular formula is C15H13Br2N3S. The first-order valence-corrected chi connectivity index (χ1v) is 8.39. The van der Waals surface area contributed by atoms with E-state index < -0.39 is 5.66 Å². The number of halogens is 2. The van der Waals surface area contributed by atoms with Crippen molar-refractivity contribution in [3.05, 3.63) is 63.0 Å². The normalized spacial score (nSPS) is 21.5. The summed E-state index contributed by atoms with van der Waals surface area (Å²) in [5.41, 5.74) is 5.11. The van der Waals surface area contributed by atoms with Crippen LogP contribution in [0.1, 0.15) is 12.5 Å². The lowest BCUT2D eigenvalue weighted by atomic mass is 10.0. The molecule has 0 unspecified atom stereocenters. The van der Waals surface area contributed by atoms with Gasteiger partial charge in [0, 0.05) is 8.95 Å². The second-order valence-electron chi connectivity index (χ2n) is 4.99. The SMILES string of the molecule is C[C@]1(c2cccc(Br)c2)NC(=S)N(c2ccc(Br)cc2)N1. The molecule has 0 aliphatic carbocycles. The predicted molar refractivity (Wildman–Crippen MR) is 97.0 cm³/mol. The summed E-state index contributed by atoms with van der Waals surface area (Å²) < 4.78 is 2.08. The third kappa shape index (κ3) is 2.99. The number of hydrazine groups is 1. The van der Waals surface area contributed by atoms with Gasteiger partial charge >= 0.3 is 0 Å². The van der Waals surface area contributed by atoms with E-state index in [1.54, 1.807) is 0 Å². The Morgan fingerprint density at radius 1 is 1.05 bits per heavy atom. The molecule has 108 valence electrons. The Morgan fingerprint density at radius 3 is 2.43 bits per heavy atom. The average molecular weight is 427 g/mol. The molecule has 2 aromatic rings. The van der Waals surface area contributed by atoms with Gasteiger partial charge < -0.3 is 5.32 Å². The van der Waals surface area contributed by atoms with Gasteiger partial charge in [-0.2, -0.15) is 5.43 Å². The Bertz CT molecular complexity index is 690. The minimum Gasteiger partial charge on any atom is -0.338 e. The number of nitrogens with zero attached hydrogens (tertiary/aromatic N) is 1. The van der Waals surface area contributed by atoms with E-state index in [4.69, 9.17) is 12.2 Å². The highest BCUT2D eigenvalue weighted by Crippen LogP contribution is 2.28. The van der Waals surface area contributed by atoms with Crippen LogP contribution in [0.2, 0.25) is 0 Å². The van der Waals surface area contributed by atoms with Crippen LogP contribution in [0.5, 0.6) is 0 Å². The summed E-state index contributed by atoms with van der Waals surface area (Å²) in [6.07, 6.45) is 0. The van der Waals surface area contributed by atoms with Crippen LogP contribution >= 0.6 is 44.1 Å². The van der Waals surface area contributed by atoms with Crippen LogP contribution in [0.25, 0.3) is 0 Å². The first-order valence-electron chi connectivity index (χ1n) is 6.40. The van der Waals surface area contributed by atoms with Gasteiger partial charge in [-0.1, -0.05) is 44.0 Å². The van der Waals surface area contributed by atoms with Gasteiger partial charge in [-0.15, -0.1) is 0 Å². The van der Waals surface area contributed by atoms with Crippen LogP contribution < -0.4 is 15.8 Å². The highest BCUT2D eigenvalue weighted by molar-refractivity contribution is 9.10. The third-order valence-electron chi connectivity index (χ3n) is 3.38. The van der Waals surface area contributed by atoms with Gasteiger partial charge in [0.2, 0.25) is 0 Å². The van der Waals surface area contributed by atoms with Crippen molar-refractivity contribution < 1.29 is 0 Å². The number of nitrogens with one attached hydrogen (secondary N) is 2. The smallest absolute Gasteiger partial charge is 0.190 e. The van der Waals surface area contributed by atoms with Crippen molar-refractivity contribution in [3.63, 3.8) is 0 Å². The van der Waals surface area contributed by atoms with Crippen molar-refractivity contribution in [2.24, 2.45) is 0 Å². The second kappa shape index (κ2) is 5.68. The van der Waals surface area contributed by atoms with E-state index >= 15 is 0 Å². The molecule has 2 aromatic carbocycles. The Hall–Kier alpha value is -0.950. The van der Waals surface area contributed by atoms with E-state index in [2.05, 4.69) is 61.7 Å². The quantitative estimate of drug-likeness (QED) is 0.700. The maximum atomic E-state index is 5.47. The van der Waals surface area contributed by atoms with Crippen molar-refractivity contribution in [2.45, 2.75) is 12.6 Å². The average Bonchev–Trinajstić information content (AvgIpc) is 2.76. The molecule has 1 aliphatic rings. The summed E-state index contributed by atoms with van der Waals surface area (Å²) in [4.78, 5) is 0. The molecule has 1 aliphatic heterocycles. The lowest BCUT2D eigenvalue weighted by Crippen LogP contribution is -2.45. The van der Waals surface area contributed by atoms with Gasteiger partial charge in [-0.25, -0.2) is 5.01 Å². The lowest BCUT2D eigenvalue weighted by Gasteiger charge is -2.26. The minimum absolute atomic E-state index is 0.437. The Morgan fingerprint density at radius 2 is 1.76 bits per heavy atom. The summed E-state index contributed by atoms with van der Waals surface area (Å²) in [5.74, 6) is 0. The zero-order chi connectivity index (χ0) is 15.0. The minimum atomic E-state index is -0.437. The van der Waals surface area contributed by atoms with Crippen LogP contribution in [0.4, 0.5) is 5.69 Å². The van der Waals surface area contributed by atoms with Crippen LogP contribution in [0.15, 0.2) is 57.5 Å². The topological polar surface area (TPSA) is 27.3 Å². The molecule has 0 aromatic heterocycles. The number of anilines is 1. The fraction of sp³-hybridized carbons (Fsp3) is 0.133. The largest absolute Gasteiger partial charge is 0.338 e. The van der Waals surface area contributed by atoms with E-state index in [1.807, 2.05) is 41.4 Å². The van der Waals surface area contributed by atoms with Gasteiger partial charge in [0.1, 0.15) is 5.66 Å². The summed E-state index contributed by atoms with van der Waals surface area (Å²) in [5, 5.41) is 5.89. The highest BCUT2D eigenvalue weighted by Gasteiger charge is 2.38. The fourth-order valence-corrected chi connectivity index (χ4v) is 3.30. The molecule has 1 saturated heterocycles. The van der Waals surface area contributed by atoms with E-state index in [9.17, 15) is 0 Å². The van der Waals surface area contributed by atoms with Crippen molar-refractivity contribution in [1.29, 1.82) is 0 Å². The number of hydrogen-bond acceptors (Lipinski definition) is 2. The molecule has 2 N–H and O–H groups in total. The first-order chi connectivity index (χ1) is 9.98. The Labute approximate surface area is 146 Å².